The lowest BCUT2D eigenvalue weighted by Crippen LogP contribution is -2.38. The van der Waals surface area contributed by atoms with Crippen LogP contribution in [0.2, 0.25) is 0 Å². The number of benzene rings is 2. The van der Waals surface area contributed by atoms with E-state index in [1.54, 1.807) is 23.5 Å². The summed E-state index contributed by atoms with van der Waals surface area (Å²) in [5.74, 6) is -0.140. The van der Waals surface area contributed by atoms with Crippen LogP contribution in [-0.2, 0) is 11.2 Å². The molecule has 0 spiro atoms. The average Bonchev–Trinajstić information content (AvgIpc) is 3.11. The first kappa shape index (κ1) is 17.2. The van der Waals surface area contributed by atoms with Gasteiger partial charge < -0.3 is 4.90 Å². The standard InChI is InChI=1S/C21H21FN2OS/c22-16-8-2-1-7-15(16)12-13-20(25)24-14-6-5-10-18(24)21-23-17-9-3-4-11-19(17)26-21/h1-4,7-9,11,18H,5-6,10,12-14H2/t18-/m0/s1. The van der Waals surface area contributed by atoms with Crippen molar-refractivity contribution in [3.05, 3.63) is 64.9 Å². The Morgan fingerprint density at radius 2 is 1.96 bits per heavy atom. The summed E-state index contributed by atoms with van der Waals surface area (Å²) < 4.78 is 15.0. The Hall–Kier alpha value is -2.27. The minimum absolute atomic E-state index is 0.0503. The maximum Gasteiger partial charge on any atom is 0.223 e. The molecule has 134 valence electrons. The average molecular weight is 368 g/mol. The lowest BCUT2D eigenvalue weighted by molar-refractivity contribution is -0.135. The molecule has 3 nitrogen and oxygen atoms in total. The molecule has 1 aromatic heterocycles. The molecule has 1 atom stereocenters. The molecular weight excluding hydrogens is 347 g/mol. The van der Waals surface area contributed by atoms with E-state index in [0.717, 1.165) is 41.0 Å². The SMILES string of the molecule is O=C(CCc1ccccc1F)N1CCCC[C@H]1c1nc2ccccc2s1. The summed E-state index contributed by atoms with van der Waals surface area (Å²) >= 11 is 1.68. The summed E-state index contributed by atoms with van der Waals surface area (Å²) in [6.45, 7) is 0.761. The van der Waals surface area contributed by atoms with Gasteiger partial charge >= 0.3 is 0 Å². The number of amides is 1. The molecule has 1 saturated heterocycles. The number of aromatic nitrogens is 1. The van der Waals surface area contributed by atoms with Gasteiger partial charge in [0.05, 0.1) is 16.3 Å². The Balaban J connectivity index is 1.51. The number of halogens is 1. The van der Waals surface area contributed by atoms with Gasteiger partial charge in [0.15, 0.2) is 0 Å². The van der Waals surface area contributed by atoms with E-state index in [-0.39, 0.29) is 17.8 Å². The summed E-state index contributed by atoms with van der Waals surface area (Å²) in [5, 5.41) is 1.02. The monoisotopic (exact) mass is 368 g/mol. The van der Waals surface area contributed by atoms with E-state index < -0.39 is 0 Å². The maximum atomic E-state index is 13.8. The number of carbonyl (C=O) groups excluding carboxylic acids is 1. The first-order valence-electron chi connectivity index (χ1n) is 9.11. The number of likely N-dealkylation sites (tertiary alicyclic amines) is 1. The van der Waals surface area contributed by atoms with Gasteiger partial charge in [-0.25, -0.2) is 9.37 Å². The number of carbonyl (C=O) groups is 1. The van der Waals surface area contributed by atoms with Crippen molar-refractivity contribution in [2.75, 3.05) is 6.54 Å². The van der Waals surface area contributed by atoms with Crippen LogP contribution >= 0.6 is 11.3 Å². The van der Waals surface area contributed by atoms with Crippen LogP contribution in [0.15, 0.2) is 48.5 Å². The third-order valence-corrected chi connectivity index (χ3v) is 6.12. The van der Waals surface area contributed by atoms with Crippen molar-refractivity contribution in [3.8, 4) is 0 Å². The van der Waals surface area contributed by atoms with E-state index in [1.165, 1.54) is 6.07 Å². The smallest absolute Gasteiger partial charge is 0.223 e. The number of thiazole rings is 1. The van der Waals surface area contributed by atoms with Crippen molar-refractivity contribution in [1.29, 1.82) is 0 Å². The zero-order valence-corrected chi connectivity index (χ0v) is 15.3. The fraction of sp³-hybridized carbons (Fsp3) is 0.333. The van der Waals surface area contributed by atoms with Gasteiger partial charge in [-0.05, 0) is 49.4 Å². The van der Waals surface area contributed by atoms with Gasteiger partial charge in [-0.2, -0.15) is 0 Å². The van der Waals surface area contributed by atoms with Crippen LogP contribution < -0.4 is 0 Å². The molecule has 2 heterocycles. The van der Waals surface area contributed by atoms with E-state index in [9.17, 15) is 9.18 Å². The lowest BCUT2D eigenvalue weighted by atomic mass is 10.0. The Bertz CT molecular complexity index is 890. The van der Waals surface area contributed by atoms with Crippen LogP contribution in [-0.4, -0.2) is 22.3 Å². The Kier molecular flexibility index (Phi) is 4.98. The number of nitrogens with zero attached hydrogens (tertiary/aromatic N) is 2. The molecule has 5 heteroatoms. The molecule has 0 saturated carbocycles. The summed E-state index contributed by atoms with van der Waals surface area (Å²) in [7, 11) is 0. The largest absolute Gasteiger partial charge is 0.333 e. The predicted molar refractivity (Wildman–Crippen MR) is 103 cm³/mol. The highest BCUT2D eigenvalue weighted by Gasteiger charge is 2.30. The quantitative estimate of drug-likeness (QED) is 0.640. The number of rotatable bonds is 4. The van der Waals surface area contributed by atoms with Gasteiger partial charge in [0.1, 0.15) is 10.8 Å². The summed E-state index contributed by atoms with van der Waals surface area (Å²) in [6, 6.07) is 14.8. The summed E-state index contributed by atoms with van der Waals surface area (Å²) in [5.41, 5.74) is 1.60. The van der Waals surface area contributed by atoms with Gasteiger partial charge in [-0.1, -0.05) is 30.3 Å². The fourth-order valence-electron chi connectivity index (χ4n) is 3.61. The molecule has 0 radical (unpaired) electrons. The second kappa shape index (κ2) is 7.54. The minimum Gasteiger partial charge on any atom is -0.333 e. The highest BCUT2D eigenvalue weighted by molar-refractivity contribution is 7.18. The van der Waals surface area contributed by atoms with E-state index >= 15 is 0 Å². The van der Waals surface area contributed by atoms with Gasteiger partial charge in [-0.3, -0.25) is 4.79 Å². The predicted octanol–water partition coefficient (Wildman–Crippen LogP) is 5.12. The first-order chi connectivity index (χ1) is 12.7. The topological polar surface area (TPSA) is 33.2 Å². The van der Waals surface area contributed by atoms with Crippen LogP contribution in [0.4, 0.5) is 4.39 Å². The molecule has 0 aliphatic carbocycles. The van der Waals surface area contributed by atoms with E-state index in [4.69, 9.17) is 4.98 Å². The zero-order chi connectivity index (χ0) is 17.9. The van der Waals surface area contributed by atoms with Crippen molar-refractivity contribution < 1.29 is 9.18 Å². The van der Waals surface area contributed by atoms with E-state index in [1.807, 2.05) is 29.2 Å². The number of fused-ring (bicyclic) bond motifs is 1. The minimum atomic E-state index is -0.235. The third-order valence-electron chi connectivity index (χ3n) is 4.98. The van der Waals surface area contributed by atoms with Crippen molar-refractivity contribution >= 4 is 27.5 Å². The highest BCUT2D eigenvalue weighted by Crippen LogP contribution is 2.36. The molecule has 2 aromatic carbocycles. The number of para-hydroxylation sites is 1. The lowest BCUT2D eigenvalue weighted by Gasteiger charge is -2.34. The van der Waals surface area contributed by atoms with E-state index in [0.29, 0.717) is 18.4 Å². The molecule has 4 rings (SSSR count). The van der Waals surface area contributed by atoms with Crippen molar-refractivity contribution in [1.82, 2.24) is 9.88 Å². The van der Waals surface area contributed by atoms with Gasteiger partial charge in [0, 0.05) is 13.0 Å². The zero-order valence-electron chi connectivity index (χ0n) is 14.5. The van der Waals surface area contributed by atoms with E-state index in [2.05, 4.69) is 6.07 Å². The van der Waals surface area contributed by atoms with Crippen molar-refractivity contribution in [2.45, 2.75) is 38.1 Å². The molecule has 0 bridgehead atoms. The van der Waals surface area contributed by atoms with Crippen molar-refractivity contribution in [3.63, 3.8) is 0 Å². The number of hydrogen-bond acceptors (Lipinski definition) is 3. The normalized spacial score (nSPS) is 17.6. The van der Waals surface area contributed by atoms with Gasteiger partial charge in [0.2, 0.25) is 5.91 Å². The molecule has 1 amide bonds. The van der Waals surface area contributed by atoms with Crippen LogP contribution in [0.1, 0.15) is 42.3 Å². The molecule has 0 N–H and O–H groups in total. The number of aryl methyl sites for hydroxylation is 1. The molecular formula is C21H21FN2OS. The Morgan fingerprint density at radius 3 is 2.81 bits per heavy atom. The molecule has 0 unspecified atom stereocenters. The van der Waals surface area contributed by atoms with Crippen LogP contribution in [0, 0.1) is 5.82 Å². The second-order valence-corrected chi connectivity index (χ2v) is 7.77. The van der Waals surface area contributed by atoms with Crippen molar-refractivity contribution in [2.24, 2.45) is 0 Å². The maximum absolute atomic E-state index is 13.8. The van der Waals surface area contributed by atoms with Crippen LogP contribution in [0.5, 0.6) is 0 Å². The highest BCUT2D eigenvalue weighted by atomic mass is 32.1. The molecule has 1 fully saturated rings. The number of hydrogen-bond donors (Lipinski definition) is 0. The summed E-state index contributed by atoms with van der Waals surface area (Å²) in [4.78, 5) is 19.6. The molecule has 26 heavy (non-hydrogen) atoms. The summed E-state index contributed by atoms with van der Waals surface area (Å²) in [6.07, 6.45) is 3.85. The van der Waals surface area contributed by atoms with Crippen LogP contribution in [0.25, 0.3) is 10.2 Å². The Morgan fingerprint density at radius 1 is 1.15 bits per heavy atom. The van der Waals surface area contributed by atoms with Crippen LogP contribution in [0.3, 0.4) is 0 Å². The second-order valence-electron chi connectivity index (χ2n) is 6.71. The van der Waals surface area contributed by atoms with Gasteiger partial charge in [0.25, 0.3) is 0 Å². The molecule has 1 aliphatic heterocycles. The third kappa shape index (κ3) is 3.49. The molecule has 1 aliphatic rings. The first-order valence-corrected chi connectivity index (χ1v) is 9.92. The fourth-order valence-corrected chi connectivity index (χ4v) is 4.72. The Labute approximate surface area is 156 Å². The van der Waals surface area contributed by atoms with Gasteiger partial charge in [-0.15, -0.1) is 11.3 Å². The number of piperidine rings is 1. The molecule has 3 aromatic rings.